The van der Waals surface area contributed by atoms with E-state index in [-0.39, 0.29) is 18.2 Å². The molecule has 0 aromatic heterocycles. The molecule has 0 saturated carbocycles. The summed E-state index contributed by atoms with van der Waals surface area (Å²) in [5.74, 6) is -0.300. The van der Waals surface area contributed by atoms with Crippen LogP contribution in [0, 0.1) is 6.92 Å². The first kappa shape index (κ1) is 15.7. The van der Waals surface area contributed by atoms with Crippen LogP contribution in [-0.2, 0) is 4.79 Å². The molecule has 1 heterocycles. The molecule has 1 aliphatic rings. The van der Waals surface area contributed by atoms with E-state index in [1.54, 1.807) is 25.2 Å². The SMILES string of the molecule is Cc1ccc(N(C=O)C(=O)c2ccc3c(c2)OCN(C)C3=O)cc1. The molecule has 6 nitrogen and oxygen atoms in total. The lowest BCUT2D eigenvalue weighted by Gasteiger charge is -2.25. The van der Waals surface area contributed by atoms with Crippen LogP contribution in [-0.4, -0.2) is 36.9 Å². The average molecular weight is 324 g/mol. The van der Waals surface area contributed by atoms with E-state index in [0.717, 1.165) is 10.5 Å². The van der Waals surface area contributed by atoms with Crippen LogP contribution in [0.4, 0.5) is 5.69 Å². The second-order valence-corrected chi connectivity index (χ2v) is 5.60. The molecular formula is C18H16N2O4. The average Bonchev–Trinajstić information content (AvgIpc) is 2.60. The van der Waals surface area contributed by atoms with Crippen molar-refractivity contribution in [1.82, 2.24) is 4.90 Å². The van der Waals surface area contributed by atoms with E-state index in [0.29, 0.717) is 23.4 Å². The molecule has 0 spiro atoms. The van der Waals surface area contributed by atoms with E-state index in [1.807, 2.05) is 19.1 Å². The van der Waals surface area contributed by atoms with Crippen LogP contribution in [0.1, 0.15) is 26.3 Å². The molecule has 2 aromatic carbocycles. The van der Waals surface area contributed by atoms with Crippen molar-refractivity contribution in [1.29, 1.82) is 0 Å². The molecule has 3 rings (SSSR count). The van der Waals surface area contributed by atoms with Gasteiger partial charge in [-0.25, -0.2) is 4.90 Å². The number of nitrogens with zero attached hydrogens (tertiary/aromatic N) is 2. The lowest BCUT2D eigenvalue weighted by atomic mass is 10.1. The Labute approximate surface area is 139 Å². The van der Waals surface area contributed by atoms with Gasteiger partial charge < -0.3 is 9.64 Å². The Kier molecular flexibility index (Phi) is 4.04. The Morgan fingerprint density at radius 1 is 1.21 bits per heavy atom. The highest BCUT2D eigenvalue weighted by molar-refractivity contribution is 6.16. The quantitative estimate of drug-likeness (QED) is 0.812. The van der Waals surface area contributed by atoms with Gasteiger partial charge in [0.15, 0.2) is 6.73 Å². The zero-order chi connectivity index (χ0) is 17.3. The molecule has 0 radical (unpaired) electrons. The van der Waals surface area contributed by atoms with Crippen LogP contribution in [0.2, 0.25) is 0 Å². The normalized spacial score (nSPS) is 13.1. The number of imide groups is 1. The van der Waals surface area contributed by atoms with Crippen molar-refractivity contribution in [3.05, 3.63) is 59.2 Å². The van der Waals surface area contributed by atoms with Crippen molar-refractivity contribution in [2.45, 2.75) is 6.92 Å². The minimum absolute atomic E-state index is 0.124. The van der Waals surface area contributed by atoms with Crippen LogP contribution in [0.15, 0.2) is 42.5 Å². The summed E-state index contributed by atoms with van der Waals surface area (Å²) < 4.78 is 5.48. The van der Waals surface area contributed by atoms with Crippen molar-refractivity contribution >= 4 is 23.9 Å². The molecule has 1 aliphatic heterocycles. The van der Waals surface area contributed by atoms with Gasteiger partial charge in [0.25, 0.3) is 11.8 Å². The van der Waals surface area contributed by atoms with Crippen molar-refractivity contribution in [3.8, 4) is 5.75 Å². The van der Waals surface area contributed by atoms with Gasteiger partial charge in [-0.2, -0.15) is 0 Å². The molecule has 0 bridgehead atoms. The Morgan fingerprint density at radius 3 is 2.58 bits per heavy atom. The Bertz CT molecular complexity index is 814. The van der Waals surface area contributed by atoms with Crippen molar-refractivity contribution < 1.29 is 19.1 Å². The van der Waals surface area contributed by atoms with E-state index in [9.17, 15) is 14.4 Å². The predicted molar refractivity (Wildman–Crippen MR) is 88.1 cm³/mol. The number of anilines is 1. The van der Waals surface area contributed by atoms with Gasteiger partial charge in [0.2, 0.25) is 6.41 Å². The Morgan fingerprint density at radius 2 is 1.92 bits per heavy atom. The number of fused-ring (bicyclic) bond motifs is 1. The van der Waals surface area contributed by atoms with E-state index >= 15 is 0 Å². The third-order valence-electron chi connectivity index (χ3n) is 3.86. The van der Waals surface area contributed by atoms with Gasteiger partial charge in [0.05, 0.1) is 11.3 Å². The highest BCUT2D eigenvalue weighted by atomic mass is 16.5. The fraction of sp³-hybridized carbons (Fsp3) is 0.167. The first-order valence-electron chi connectivity index (χ1n) is 7.39. The molecular weight excluding hydrogens is 308 g/mol. The summed E-state index contributed by atoms with van der Waals surface area (Å²) in [6, 6.07) is 11.6. The van der Waals surface area contributed by atoms with Gasteiger partial charge in [-0.15, -0.1) is 0 Å². The molecule has 0 saturated heterocycles. The third kappa shape index (κ3) is 2.74. The second-order valence-electron chi connectivity index (χ2n) is 5.60. The molecule has 0 N–H and O–H groups in total. The molecule has 0 unspecified atom stereocenters. The van der Waals surface area contributed by atoms with Crippen LogP contribution in [0.5, 0.6) is 5.75 Å². The number of benzene rings is 2. The van der Waals surface area contributed by atoms with Gasteiger partial charge in [-0.05, 0) is 37.3 Å². The summed E-state index contributed by atoms with van der Waals surface area (Å²) in [5, 5.41) is 0. The van der Waals surface area contributed by atoms with Crippen LogP contribution in [0.3, 0.4) is 0 Å². The summed E-state index contributed by atoms with van der Waals surface area (Å²) in [6.07, 6.45) is 0.478. The summed E-state index contributed by atoms with van der Waals surface area (Å²) in [7, 11) is 1.63. The zero-order valence-corrected chi connectivity index (χ0v) is 13.4. The number of carbonyl (C=O) groups is 3. The molecule has 0 fully saturated rings. The Balaban J connectivity index is 1.93. The Hall–Kier alpha value is -3.15. The number of amides is 3. The molecule has 2 aromatic rings. The lowest BCUT2D eigenvalue weighted by Crippen LogP contribution is -2.35. The van der Waals surface area contributed by atoms with Gasteiger partial charge in [-0.1, -0.05) is 17.7 Å². The van der Waals surface area contributed by atoms with Gasteiger partial charge in [0, 0.05) is 12.6 Å². The monoisotopic (exact) mass is 324 g/mol. The number of aryl methyl sites for hydroxylation is 1. The minimum Gasteiger partial charge on any atom is -0.472 e. The first-order chi connectivity index (χ1) is 11.5. The molecule has 122 valence electrons. The maximum atomic E-state index is 12.6. The smallest absolute Gasteiger partial charge is 0.264 e. The van der Waals surface area contributed by atoms with Gasteiger partial charge in [-0.3, -0.25) is 14.4 Å². The van der Waals surface area contributed by atoms with Crippen molar-refractivity contribution in [2.24, 2.45) is 0 Å². The molecule has 6 heteroatoms. The first-order valence-corrected chi connectivity index (χ1v) is 7.39. The highest BCUT2D eigenvalue weighted by Crippen LogP contribution is 2.27. The minimum atomic E-state index is -0.480. The molecule has 3 amide bonds. The highest BCUT2D eigenvalue weighted by Gasteiger charge is 2.25. The summed E-state index contributed by atoms with van der Waals surface area (Å²) in [5.41, 5.74) is 2.18. The number of rotatable bonds is 3. The van der Waals surface area contributed by atoms with Crippen LogP contribution < -0.4 is 9.64 Å². The van der Waals surface area contributed by atoms with Gasteiger partial charge >= 0.3 is 0 Å². The van der Waals surface area contributed by atoms with Gasteiger partial charge in [0.1, 0.15) is 5.75 Å². The fourth-order valence-electron chi connectivity index (χ4n) is 2.45. The van der Waals surface area contributed by atoms with Crippen LogP contribution in [0.25, 0.3) is 0 Å². The number of ether oxygens (including phenoxy) is 1. The van der Waals surface area contributed by atoms with E-state index in [2.05, 4.69) is 0 Å². The largest absolute Gasteiger partial charge is 0.472 e. The van der Waals surface area contributed by atoms with E-state index < -0.39 is 5.91 Å². The predicted octanol–water partition coefficient (Wildman–Crippen LogP) is 2.22. The van der Waals surface area contributed by atoms with Crippen LogP contribution >= 0.6 is 0 Å². The second kappa shape index (κ2) is 6.16. The number of hydrogen-bond acceptors (Lipinski definition) is 4. The maximum absolute atomic E-state index is 12.6. The number of carbonyl (C=O) groups excluding carboxylic acids is 3. The fourth-order valence-corrected chi connectivity index (χ4v) is 2.45. The van der Waals surface area contributed by atoms with Crippen molar-refractivity contribution in [3.63, 3.8) is 0 Å². The summed E-state index contributed by atoms with van der Waals surface area (Å²) in [6.45, 7) is 2.05. The molecule has 0 atom stereocenters. The topological polar surface area (TPSA) is 66.9 Å². The molecule has 24 heavy (non-hydrogen) atoms. The zero-order valence-electron chi connectivity index (χ0n) is 13.4. The lowest BCUT2D eigenvalue weighted by molar-refractivity contribution is -0.106. The third-order valence-corrected chi connectivity index (χ3v) is 3.86. The van der Waals surface area contributed by atoms with Crippen molar-refractivity contribution in [2.75, 3.05) is 18.7 Å². The standard InChI is InChI=1S/C18H16N2O4/c1-12-3-6-14(7-4-12)20(10-21)17(22)13-5-8-15-16(9-13)24-11-19(2)18(15)23/h3-10H,11H2,1-2H3. The summed E-state index contributed by atoms with van der Waals surface area (Å²) in [4.78, 5) is 38.5. The van der Waals surface area contributed by atoms with E-state index in [4.69, 9.17) is 4.74 Å². The van der Waals surface area contributed by atoms with E-state index in [1.165, 1.54) is 17.0 Å². The molecule has 0 aliphatic carbocycles. The summed E-state index contributed by atoms with van der Waals surface area (Å²) >= 11 is 0. The maximum Gasteiger partial charge on any atom is 0.264 e. The number of hydrogen-bond donors (Lipinski definition) is 0.